The Morgan fingerprint density at radius 3 is 2.35 bits per heavy atom. The van der Waals surface area contributed by atoms with E-state index < -0.39 is 0 Å². The molecule has 0 aromatic rings. The lowest BCUT2D eigenvalue weighted by atomic mass is 9.98. The van der Waals surface area contributed by atoms with Gasteiger partial charge in [0, 0.05) is 12.6 Å². The fourth-order valence-corrected chi connectivity index (χ4v) is 3.24. The van der Waals surface area contributed by atoms with Gasteiger partial charge < -0.3 is 10.2 Å². The maximum atomic E-state index is 3.55. The lowest BCUT2D eigenvalue weighted by Crippen LogP contribution is -2.41. The third-order valence-corrected chi connectivity index (χ3v) is 4.67. The van der Waals surface area contributed by atoms with Crippen molar-refractivity contribution in [3.63, 3.8) is 0 Å². The highest BCUT2D eigenvalue weighted by Crippen LogP contribution is 2.15. The molecule has 2 heteroatoms. The molecule has 20 heavy (non-hydrogen) atoms. The second kappa shape index (κ2) is 11.6. The monoisotopic (exact) mass is 282 g/mol. The standard InChI is InChI=1S/C18H38N2/c1-4-5-6-7-8-9-10-14-20(17(2)3)16-18-12-11-13-19-15-18/h17-19H,4-16H2,1-3H3. The molecule has 0 spiro atoms. The van der Waals surface area contributed by atoms with Gasteiger partial charge in [0.05, 0.1) is 0 Å². The van der Waals surface area contributed by atoms with Gasteiger partial charge in [-0.3, -0.25) is 0 Å². The van der Waals surface area contributed by atoms with Crippen molar-refractivity contribution in [1.29, 1.82) is 0 Å². The third-order valence-electron chi connectivity index (χ3n) is 4.67. The largest absolute Gasteiger partial charge is 0.316 e. The molecule has 1 atom stereocenters. The van der Waals surface area contributed by atoms with Gasteiger partial charge in [-0.25, -0.2) is 0 Å². The van der Waals surface area contributed by atoms with E-state index in [1.165, 1.54) is 84.0 Å². The summed E-state index contributed by atoms with van der Waals surface area (Å²) < 4.78 is 0. The number of piperidine rings is 1. The predicted octanol–water partition coefficient (Wildman–Crippen LogP) is 4.45. The van der Waals surface area contributed by atoms with Crippen LogP contribution in [0.5, 0.6) is 0 Å². The van der Waals surface area contributed by atoms with E-state index in [0.717, 1.165) is 5.92 Å². The van der Waals surface area contributed by atoms with E-state index in [4.69, 9.17) is 0 Å². The van der Waals surface area contributed by atoms with Gasteiger partial charge in [0.1, 0.15) is 0 Å². The van der Waals surface area contributed by atoms with Crippen LogP contribution in [-0.4, -0.2) is 37.1 Å². The van der Waals surface area contributed by atoms with Crippen LogP contribution in [0, 0.1) is 5.92 Å². The Balaban J connectivity index is 2.09. The van der Waals surface area contributed by atoms with Crippen molar-refractivity contribution >= 4 is 0 Å². The van der Waals surface area contributed by atoms with Crippen molar-refractivity contribution in [2.75, 3.05) is 26.2 Å². The van der Waals surface area contributed by atoms with Crippen molar-refractivity contribution in [2.24, 2.45) is 5.92 Å². The highest BCUT2D eigenvalue weighted by atomic mass is 15.1. The predicted molar refractivity (Wildman–Crippen MR) is 90.3 cm³/mol. The first-order chi connectivity index (χ1) is 9.74. The quantitative estimate of drug-likeness (QED) is 0.563. The van der Waals surface area contributed by atoms with Crippen LogP contribution in [0.2, 0.25) is 0 Å². The third kappa shape index (κ3) is 8.26. The molecule has 0 bridgehead atoms. The van der Waals surface area contributed by atoms with Crippen molar-refractivity contribution in [1.82, 2.24) is 10.2 Å². The second-order valence-electron chi connectivity index (χ2n) is 6.92. The summed E-state index contributed by atoms with van der Waals surface area (Å²) in [5, 5.41) is 3.55. The van der Waals surface area contributed by atoms with Gasteiger partial charge in [-0.1, -0.05) is 45.4 Å². The normalized spacial score (nSPS) is 19.9. The maximum absolute atomic E-state index is 3.55. The molecule has 1 aliphatic rings. The number of hydrogen-bond donors (Lipinski definition) is 1. The number of rotatable bonds is 11. The first-order valence-electron chi connectivity index (χ1n) is 9.18. The number of unbranched alkanes of at least 4 members (excludes halogenated alkanes) is 6. The van der Waals surface area contributed by atoms with E-state index in [1.54, 1.807) is 0 Å². The summed E-state index contributed by atoms with van der Waals surface area (Å²) in [7, 11) is 0. The van der Waals surface area contributed by atoms with Crippen molar-refractivity contribution in [3.05, 3.63) is 0 Å². The van der Waals surface area contributed by atoms with Crippen LogP contribution in [0.15, 0.2) is 0 Å². The van der Waals surface area contributed by atoms with Gasteiger partial charge in [-0.05, 0) is 58.7 Å². The van der Waals surface area contributed by atoms with Crippen LogP contribution in [0.3, 0.4) is 0 Å². The molecule has 1 saturated heterocycles. The Labute approximate surface area is 127 Å². The average Bonchev–Trinajstić information content (AvgIpc) is 2.46. The molecule has 0 amide bonds. The van der Waals surface area contributed by atoms with Gasteiger partial charge in [0.25, 0.3) is 0 Å². The minimum Gasteiger partial charge on any atom is -0.316 e. The molecule has 2 nitrogen and oxygen atoms in total. The maximum Gasteiger partial charge on any atom is 0.00387 e. The molecule has 1 heterocycles. The topological polar surface area (TPSA) is 15.3 Å². The van der Waals surface area contributed by atoms with E-state index in [-0.39, 0.29) is 0 Å². The second-order valence-corrected chi connectivity index (χ2v) is 6.92. The summed E-state index contributed by atoms with van der Waals surface area (Å²) in [6.45, 7) is 12.1. The summed E-state index contributed by atoms with van der Waals surface area (Å²) in [6, 6.07) is 0.706. The van der Waals surface area contributed by atoms with Crippen LogP contribution in [-0.2, 0) is 0 Å². The highest BCUT2D eigenvalue weighted by molar-refractivity contribution is 4.74. The van der Waals surface area contributed by atoms with Crippen LogP contribution >= 0.6 is 0 Å². The molecule has 0 radical (unpaired) electrons. The molecular weight excluding hydrogens is 244 g/mol. The van der Waals surface area contributed by atoms with Crippen LogP contribution in [0.1, 0.15) is 78.6 Å². The van der Waals surface area contributed by atoms with Gasteiger partial charge in [-0.2, -0.15) is 0 Å². The van der Waals surface area contributed by atoms with Crippen molar-refractivity contribution < 1.29 is 0 Å². The van der Waals surface area contributed by atoms with Gasteiger partial charge in [-0.15, -0.1) is 0 Å². The van der Waals surface area contributed by atoms with Crippen LogP contribution < -0.4 is 5.32 Å². The Kier molecular flexibility index (Phi) is 10.4. The smallest absolute Gasteiger partial charge is 0.00387 e. The Morgan fingerprint density at radius 1 is 1.05 bits per heavy atom. The van der Waals surface area contributed by atoms with E-state index >= 15 is 0 Å². The molecule has 1 unspecified atom stereocenters. The van der Waals surface area contributed by atoms with Gasteiger partial charge in [0.15, 0.2) is 0 Å². The van der Waals surface area contributed by atoms with Crippen LogP contribution in [0.25, 0.3) is 0 Å². The Bertz CT molecular complexity index is 209. The molecule has 1 fully saturated rings. The SMILES string of the molecule is CCCCCCCCCN(CC1CCCNC1)C(C)C. The molecular formula is C18H38N2. The molecule has 0 saturated carbocycles. The molecule has 0 aromatic heterocycles. The average molecular weight is 283 g/mol. The minimum absolute atomic E-state index is 0.706. The van der Waals surface area contributed by atoms with E-state index in [0.29, 0.717) is 6.04 Å². The van der Waals surface area contributed by atoms with Crippen LogP contribution in [0.4, 0.5) is 0 Å². The number of nitrogens with zero attached hydrogens (tertiary/aromatic N) is 1. The lowest BCUT2D eigenvalue weighted by molar-refractivity contribution is 0.168. The molecule has 1 rings (SSSR count). The summed E-state index contributed by atoms with van der Waals surface area (Å²) in [5.41, 5.74) is 0. The fourth-order valence-electron chi connectivity index (χ4n) is 3.24. The molecule has 120 valence electrons. The lowest BCUT2D eigenvalue weighted by Gasteiger charge is -2.32. The van der Waals surface area contributed by atoms with E-state index in [9.17, 15) is 0 Å². The van der Waals surface area contributed by atoms with E-state index in [1.807, 2.05) is 0 Å². The summed E-state index contributed by atoms with van der Waals surface area (Å²) >= 11 is 0. The molecule has 0 aromatic carbocycles. The van der Waals surface area contributed by atoms with Crippen molar-refractivity contribution in [3.8, 4) is 0 Å². The zero-order valence-electron chi connectivity index (χ0n) is 14.3. The zero-order chi connectivity index (χ0) is 14.6. The summed E-state index contributed by atoms with van der Waals surface area (Å²) in [4.78, 5) is 2.71. The van der Waals surface area contributed by atoms with Crippen molar-refractivity contribution in [2.45, 2.75) is 84.6 Å². The first kappa shape index (κ1) is 18.0. The summed E-state index contributed by atoms with van der Waals surface area (Å²) in [6.07, 6.45) is 12.7. The number of hydrogen-bond acceptors (Lipinski definition) is 2. The first-order valence-corrected chi connectivity index (χ1v) is 9.18. The Hall–Kier alpha value is -0.0800. The zero-order valence-corrected chi connectivity index (χ0v) is 14.3. The molecule has 1 N–H and O–H groups in total. The van der Waals surface area contributed by atoms with E-state index in [2.05, 4.69) is 31.0 Å². The Morgan fingerprint density at radius 2 is 1.75 bits per heavy atom. The minimum atomic E-state index is 0.706. The summed E-state index contributed by atoms with van der Waals surface area (Å²) in [5.74, 6) is 0.885. The molecule has 0 aliphatic carbocycles. The van der Waals surface area contributed by atoms with Gasteiger partial charge in [0.2, 0.25) is 0 Å². The molecule has 1 aliphatic heterocycles. The fraction of sp³-hybridized carbons (Fsp3) is 1.00. The van der Waals surface area contributed by atoms with Gasteiger partial charge >= 0.3 is 0 Å². The highest BCUT2D eigenvalue weighted by Gasteiger charge is 2.18. The number of nitrogens with one attached hydrogen (secondary N) is 1.